The van der Waals surface area contributed by atoms with E-state index in [1.807, 2.05) is 11.0 Å². The Labute approximate surface area is 188 Å². The molecule has 2 aliphatic rings. The minimum absolute atomic E-state index is 0.103. The lowest BCUT2D eigenvalue weighted by atomic mass is 9.94. The number of nitrogens with zero attached hydrogens (tertiary/aromatic N) is 3. The van der Waals surface area contributed by atoms with Crippen molar-refractivity contribution in [2.45, 2.75) is 71.3 Å². The molecule has 2 amide bonds. The molecular formula is C26H41N3O2. The average Bonchev–Trinajstić information content (AvgIpc) is 2.83. The lowest BCUT2D eigenvalue weighted by molar-refractivity contribution is -0.142. The van der Waals surface area contributed by atoms with E-state index in [0.717, 1.165) is 64.6 Å². The number of amides is 2. The van der Waals surface area contributed by atoms with E-state index in [2.05, 4.69) is 47.9 Å². The van der Waals surface area contributed by atoms with Crippen molar-refractivity contribution in [2.24, 2.45) is 5.92 Å². The van der Waals surface area contributed by atoms with E-state index in [9.17, 15) is 9.59 Å². The summed E-state index contributed by atoms with van der Waals surface area (Å²) in [5.41, 5.74) is 1.29. The molecule has 0 radical (unpaired) electrons. The van der Waals surface area contributed by atoms with Crippen LogP contribution in [0.4, 0.5) is 0 Å². The van der Waals surface area contributed by atoms with Gasteiger partial charge in [0.1, 0.15) is 0 Å². The van der Waals surface area contributed by atoms with Gasteiger partial charge in [-0.3, -0.25) is 14.5 Å². The van der Waals surface area contributed by atoms with Gasteiger partial charge in [0.15, 0.2) is 0 Å². The average molecular weight is 428 g/mol. The van der Waals surface area contributed by atoms with E-state index in [4.69, 9.17) is 0 Å². The summed E-state index contributed by atoms with van der Waals surface area (Å²) in [5.74, 6) is 0.645. The summed E-state index contributed by atoms with van der Waals surface area (Å²) in [6.07, 6.45) is 8.36. The third kappa shape index (κ3) is 6.55. The normalized spacial score (nSPS) is 18.9. The topological polar surface area (TPSA) is 43.9 Å². The number of benzene rings is 1. The number of hydrogen-bond acceptors (Lipinski definition) is 3. The van der Waals surface area contributed by atoms with Crippen molar-refractivity contribution in [3.63, 3.8) is 0 Å². The maximum atomic E-state index is 13.2. The summed E-state index contributed by atoms with van der Waals surface area (Å²) in [5, 5.41) is 0. The van der Waals surface area contributed by atoms with Crippen LogP contribution in [-0.4, -0.2) is 65.8 Å². The highest BCUT2D eigenvalue weighted by Gasteiger charge is 2.31. The largest absolute Gasteiger partial charge is 0.342 e. The van der Waals surface area contributed by atoms with Gasteiger partial charge in [-0.25, -0.2) is 0 Å². The molecule has 2 saturated heterocycles. The SMILES string of the molecule is CCCCN(CC(=O)N1CCC(C(=O)N2CCCCC2)CC1)[C@@H](CC)c1ccccc1. The molecule has 2 aliphatic heterocycles. The summed E-state index contributed by atoms with van der Waals surface area (Å²) in [6.45, 7) is 9.09. The highest BCUT2D eigenvalue weighted by molar-refractivity contribution is 5.81. The van der Waals surface area contributed by atoms with Gasteiger partial charge in [-0.15, -0.1) is 0 Å². The van der Waals surface area contributed by atoms with Gasteiger partial charge in [0.2, 0.25) is 11.8 Å². The smallest absolute Gasteiger partial charge is 0.236 e. The van der Waals surface area contributed by atoms with Crippen molar-refractivity contribution in [3.05, 3.63) is 35.9 Å². The molecular weight excluding hydrogens is 386 g/mol. The molecule has 0 bridgehead atoms. The molecule has 3 rings (SSSR count). The van der Waals surface area contributed by atoms with E-state index in [0.29, 0.717) is 25.5 Å². The number of piperidine rings is 2. The van der Waals surface area contributed by atoms with Crippen molar-refractivity contribution in [1.29, 1.82) is 0 Å². The first-order chi connectivity index (χ1) is 15.1. The van der Waals surface area contributed by atoms with E-state index in [1.54, 1.807) is 0 Å². The van der Waals surface area contributed by atoms with E-state index < -0.39 is 0 Å². The fraction of sp³-hybridized carbons (Fsp3) is 0.692. The third-order valence-corrected chi connectivity index (χ3v) is 7.01. The van der Waals surface area contributed by atoms with Crippen LogP contribution in [0.1, 0.15) is 76.8 Å². The van der Waals surface area contributed by atoms with Crippen LogP contribution in [0.3, 0.4) is 0 Å². The van der Waals surface area contributed by atoms with Crippen molar-refractivity contribution in [2.75, 3.05) is 39.3 Å². The van der Waals surface area contributed by atoms with Crippen molar-refractivity contribution in [3.8, 4) is 0 Å². The third-order valence-electron chi connectivity index (χ3n) is 7.01. The monoisotopic (exact) mass is 427 g/mol. The molecule has 5 heteroatoms. The molecule has 2 fully saturated rings. The molecule has 1 aromatic carbocycles. The number of carbonyl (C=O) groups is 2. The Bertz CT molecular complexity index is 679. The maximum absolute atomic E-state index is 13.2. The fourth-order valence-electron chi connectivity index (χ4n) is 5.11. The van der Waals surface area contributed by atoms with Crippen LogP contribution in [0.25, 0.3) is 0 Å². The van der Waals surface area contributed by atoms with Crippen molar-refractivity contribution >= 4 is 11.8 Å². The van der Waals surface area contributed by atoms with Gasteiger partial charge < -0.3 is 9.80 Å². The van der Waals surface area contributed by atoms with E-state index in [-0.39, 0.29) is 17.9 Å². The van der Waals surface area contributed by atoms with Crippen LogP contribution in [-0.2, 0) is 9.59 Å². The maximum Gasteiger partial charge on any atom is 0.236 e. The molecule has 0 saturated carbocycles. The standard InChI is InChI=1S/C26H41N3O2/c1-3-5-16-29(24(4-2)22-12-8-6-9-13-22)21-25(30)27-19-14-23(15-20-27)26(31)28-17-10-7-11-18-28/h6,8-9,12-13,23-24H,3-5,7,10-11,14-21H2,1-2H3/t24-/m0/s1. The van der Waals surface area contributed by atoms with Crippen LogP contribution in [0.2, 0.25) is 0 Å². The Balaban J connectivity index is 1.56. The molecule has 31 heavy (non-hydrogen) atoms. The molecule has 172 valence electrons. The van der Waals surface area contributed by atoms with Crippen LogP contribution in [0, 0.1) is 5.92 Å². The fourth-order valence-corrected chi connectivity index (χ4v) is 5.11. The van der Waals surface area contributed by atoms with Gasteiger partial charge in [-0.05, 0) is 57.1 Å². The summed E-state index contributed by atoms with van der Waals surface area (Å²) in [7, 11) is 0. The molecule has 2 heterocycles. The van der Waals surface area contributed by atoms with Crippen LogP contribution in [0.15, 0.2) is 30.3 Å². The molecule has 5 nitrogen and oxygen atoms in total. The number of rotatable bonds is 9. The number of carbonyl (C=O) groups excluding carboxylic acids is 2. The molecule has 0 unspecified atom stereocenters. The zero-order valence-corrected chi connectivity index (χ0v) is 19.6. The summed E-state index contributed by atoms with van der Waals surface area (Å²) < 4.78 is 0. The van der Waals surface area contributed by atoms with Gasteiger partial charge in [-0.1, -0.05) is 50.6 Å². The Morgan fingerprint density at radius 3 is 2.26 bits per heavy atom. The molecule has 1 aromatic rings. The van der Waals surface area contributed by atoms with Crippen molar-refractivity contribution in [1.82, 2.24) is 14.7 Å². The van der Waals surface area contributed by atoms with Crippen LogP contribution >= 0.6 is 0 Å². The summed E-state index contributed by atoms with van der Waals surface area (Å²) >= 11 is 0. The highest BCUT2D eigenvalue weighted by Crippen LogP contribution is 2.26. The Morgan fingerprint density at radius 1 is 0.968 bits per heavy atom. The summed E-state index contributed by atoms with van der Waals surface area (Å²) in [6, 6.07) is 10.8. The first kappa shape index (κ1) is 23.8. The first-order valence-electron chi connectivity index (χ1n) is 12.5. The molecule has 0 aliphatic carbocycles. The van der Waals surface area contributed by atoms with Crippen LogP contribution < -0.4 is 0 Å². The zero-order chi connectivity index (χ0) is 22.1. The highest BCUT2D eigenvalue weighted by atomic mass is 16.2. The Morgan fingerprint density at radius 2 is 1.65 bits per heavy atom. The van der Waals surface area contributed by atoms with Gasteiger partial charge >= 0.3 is 0 Å². The molecule has 0 aromatic heterocycles. The number of likely N-dealkylation sites (tertiary alicyclic amines) is 2. The quantitative estimate of drug-likeness (QED) is 0.583. The van der Waals surface area contributed by atoms with Gasteiger partial charge in [0.05, 0.1) is 6.54 Å². The minimum Gasteiger partial charge on any atom is -0.342 e. The predicted octanol–water partition coefficient (Wildman–Crippen LogP) is 4.49. The first-order valence-corrected chi connectivity index (χ1v) is 12.5. The molecule has 0 N–H and O–H groups in total. The second kappa shape index (κ2) is 12.2. The van der Waals surface area contributed by atoms with E-state index >= 15 is 0 Å². The van der Waals surface area contributed by atoms with Gasteiger partial charge in [0, 0.05) is 38.1 Å². The molecule has 0 spiro atoms. The number of hydrogen-bond donors (Lipinski definition) is 0. The Kier molecular flexibility index (Phi) is 9.38. The predicted molar refractivity (Wildman–Crippen MR) is 126 cm³/mol. The second-order valence-corrected chi connectivity index (χ2v) is 9.20. The van der Waals surface area contributed by atoms with Gasteiger partial charge in [0.25, 0.3) is 0 Å². The zero-order valence-electron chi connectivity index (χ0n) is 19.6. The second-order valence-electron chi connectivity index (χ2n) is 9.20. The lowest BCUT2D eigenvalue weighted by Crippen LogP contribution is -2.48. The lowest BCUT2D eigenvalue weighted by Gasteiger charge is -2.37. The number of unbranched alkanes of at least 4 members (excludes halogenated alkanes) is 1. The molecule has 1 atom stereocenters. The van der Waals surface area contributed by atoms with Gasteiger partial charge in [-0.2, -0.15) is 0 Å². The minimum atomic E-state index is 0.103. The van der Waals surface area contributed by atoms with E-state index in [1.165, 1.54) is 12.0 Å². The Hall–Kier alpha value is -1.88. The van der Waals surface area contributed by atoms with Crippen molar-refractivity contribution < 1.29 is 9.59 Å². The summed E-state index contributed by atoms with van der Waals surface area (Å²) in [4.78, 5) is 32.4. The van der Waals surface area contributed by atoms with Crippen LogP contribution in [0.5, 0.6) is 0 Å².